The minimum absolute atomic E-state index is 0.0821. The lowest BCUT2D eigenvalue weighted by Crippen LogP contribution is -2.64. The number of unbranched alkanes of at least 4 members (excludes halogenated alkanes) is 3. The number of nitrogens with one attached hydrogen (secondary N) is 6. The topological polar surface area (TPSA) is 168 Å². The first-order chi connectivity index (χ1) is 28.7. The van der Waals surface area contributed by atoms with Crippen molar-refractivity contribution in [1.82, 2.24) is 40.5 Å². The van der Waals surface area contributed by atoms with Gasteiger partial charge in [0.05, 0.1) is 0 Å². The van der Waals surface area contributed by atoms with Crippen LogP contribution in [0.5, 0.6) is 12.0 Å². The maximum absolute atomic E-state index is 5.93. The minimum atomic E-state index is 0.0821. The van der Waals surface area contributed by atoms with Crippen LogP contribution in [0.2, 0.25) is 0 Å². The van der Waals surface area contributed by atoms with Gasteiger partial charge in [0.2, 0.25) is 23.8 Å². The van der Waals surface area contributed by atoms with E-state index < -0.39 is 0 Å². The molecular weight excluding hydrogens is 753 g/mol. The Morgan fingerprint density at radius 1 is 0.500 bits per heavy atom. The van der Waals surface area contributed by atoms with E-state index in [1.165, 1.54) is 0 Å². The normalized spacial score (nSPS) is 18.4. The molecule has 4 heterocycles. The summed E-state index contributed by atoms with van der Waals surface area (Å²) in [6, 6.07) is 1.08. The average molecular weight is 835 g/mol. The van der Waals surface area contributed by atoms with Crippen molar-refractivity contribution in [2.75, 3.05) is 47.6 Å². The van der Waals surface area contributed by atoms with Crippen molar-refractivity contribution in [3.05, 3.63) is 24.3 Å². The number of aromatic nitrogens is 6. The van der Waals surface area contributed by atoms with Gasteiger partial charge in [0, 0.05) is 47.3 Å². The SMILES string of the molecule is C=C(C)COc1nc(NCCCCCCNc2nc(NC3CC(CC)(CC)NC(CC)(CC)C3)nc(OCC(=C)C)n2)nc(NC2CC(CC)(CC)NC(CC)(CC)C2)n1. The Hall–Kier alpha value is -3.78. The molecule has 0 amide bonds. The van der Waals surface area contributed by atoms with Crippen LogP contribution in [0.15, 0.2) is 24.3 Å². The number of nitrogens with zero attached hydrogens (tertiary/aromatic N) is 6. The Morgan fingerprint density at radius 2 is 0.800 bits per heavy atom. The smallest absolute Gasteiger partial charge is 0.323 e. The molecule has 0 aromatic carbocycles. The van der Waals surface area contributed by atoms with Crippen LogP contribution < -0.4 is 41.4 Å². The van der Waals surface area contributed by atoms with Crippen LogP contribution in [0.1, 0.15) is 172 Å². The summed E-state index contributed by atoms with van der Waals surface area (Å²) in [4.78, 5) is 28.2. The predicted octanol–water partition coefficient (Wildman–Crippen LogP) is 9.61. The molecule has 0 bridgehead atoms. The van der Waals surface area contributed by atoms with Crippen LogP contribution >= 0.6 is 0 Å². The van der Waals surface area contributed by atoms with Gasteiger partial charge in [-0.15, -0.1) is 0 Å². The number of ether oxygens (including phenoxy) is 2. The molecule has 4 rings (SSSR count). The Morgan fingerprint density at radius 3 is 1.08 bits per heavy atom. The molecule has 14 heteroatoms. The quantitative estimate of drug-likeness (QED) is 0.0372. The Bertz CT molecular complexity index is 1480. The standard InChI is InChI=1S/C46H82N12O2/c1-13-43(14-2)27-35(28-44(15-3,16-4)57-43)49-39-51-37(53-41(55-39)59-31-33(9)10)47-25-23-21-22-24-26-48-38-52-40(56-42(54-38)60-32-34(11)12)50-36-29-45(17-5,18-6)58-46(19-7,20-8)30-36/h35-36,57-58H,9,11,13-32H2,1-8,10,12H3,(H2,47,49,51,53,55)(H2,48,50,52,54,56). The molecular formula is C46H82N12O2. The molecule has 2 aromatic rings. The fourth-order valence-electron chi connectivity index (χ4n) is 9.30. The highest BCUT2D eigenvalue weighted by atomic mass is 16.5. The highest BCUT2D eigenvalue weighted by Crippen LogP contribution is 2.40. The molecule has 60 heavy (non-hydrogen) atoms. The van der Waals surface area contributed by atoms with Crippen molar-refractivity contribution in [3.63, 3.8) is 0 Å². The van der Waals surface area contributed by atoms with Gasteiger partial charge in [-0.1, -0.05) is 81.4 Å². The van der Waals surface area contributed by atoms with Crippen molar-refractivity contribution in [2.24, 2.45) is 0 Å². The molecule has 0 unspecified atom stereocenters. The molecule has 0 saturated carbocycles. The molecule has 0 radical (unpaired) electrons. The summed E-state index contributed by atoms with van der Waals surface area (Å²) in [6.07, 6.45) is 16.7. The molecule has 6 N–H and O–H groups in total. The Kier molecular flexibility index (Phi) is 18.6. The van der Waals surface area contributed by atoms with Crippen LogP contribution in [-0.4, -0.2) is 90.4 Å². The van der Waals surface area contributed by atoms with E-state index in [0.717, 1.165) is 127 Å². The molecule has 0 atom stereocenters. The maximum atomic E-state index is 5.93. The zero-order chi connectivity index (χ0) is 43.8. The van der Waals surface area contributed by atoms with E-state index in [0.29, 0.717) is 49.0 Å². The van der Waals surface area contributed by atoms with E-state index in [9.17, 15) is 0 Å². The molecule has 2 aromatic heterocycles. The van der Waals surface area contributed by atoms with Crippen LogP contribution in [-0.2, 0) is 0 Å². The maximum Gasteiger partial charge on any atom is 0.323 e. The van der Waals surface area contributed by atoms with Crippen molar-refractivity contribution < 1.29 is 9.47 Å². The minimum Gasteiger partial charge on any atom is -0.459 e. The van der Waals surface area contributed by atoms with Gasteiger partial charge >= 0.3 is 12.0 Å². The molecule has 2 aliphatic rings. The first-order valence-electron chi connectivity index (χ1n) is 23.4. The van der Waals surface area contributed by atoms with Gasteiger partial charge < -0.3 is 41.4 Å². The summed E-state index contributed by atoms with van der Waals surface area (Å²) in [6.45, 7) is 32.4. The summed E-state index contributed by atoms with van der Waals surface area (Å²) in [5, 5.41) is 22.5. The molecule has 2 aliphatic heterocycles. The van der Waals surface area contributed by atoms with Crippen LogP contribution in [0.4, 0.5) is 23.8 Å². The molecule has 14 nitrogen and oxygen atoms in total. The fraction of sp³-hybridized carbons (Fsp3) is 0.783. The van der Waals surface area contributed by atoms with Crippen molar-refractivity contribution in [1.29, 1.82) is 0 Å². The predicted molar refractivity (Wildman–Crippen MR) is 249 cm³/mol. The van der Waals surface area contributed by atoms with E-state index in [-0.39, 0.29) is 34.2 Å². The molecule has 0 aliphatic carbocycles. The highest BCUT2D eigenvalue weighted by Gasteiger charge is 2.46. The van der Waals surface area contributed by atoms with E-state index in [4.69, 9.17) is 19.4 Å². The van der Waals surface area contributed by atoms with Crippen molar-refractivity contribution >= 4 is 23.8 Å². The average Bonchev–Trinajstić information content (AvgIpc) is 3.25. The van der Waals surface area contributed by atoms with Gasteiger partial charge in [-0.3, -0.25) is 0 Å². The first-order valence-corrected chi connectivity index (χ1v) is 23.4. The summed E-state index contributed by atoms with van der Waals surface area (Å²) < 4.78 is 11.9. The third-order valence-corrected chi connectivity index (χ3v) is 13.5. The van der Waals surface area contributed by atoms with Gasteiger partial charge in [-0.2, -0.15) is 29.9 Å². The van der Waals surface area contributed by atoms with Crippen molar-refractivity contribution in [3.8, 4) is 12.0 Å². The van der Waals surface area contributed by atoms with Gasteiger partial charge in [0.25, 0.3) is 0 Å². The van der Waals surface area contributed by atoms with E-state index in [1.54, 1.807) is 0 Å². The van der Waals surface area contributed by atoms with E-state index >= 15 is 0 Å². The monoisotopic (exact) mass is 835 g/mol. The molecule has 338 valence electrons. The number of anilines is 4. The highest BCUT2D eigenvalue weighted by molar-refractivity contribution is 5.38. The van der Waals surface area contributed by atoms with Crippen LogP contribution in [0.3, 0.4) is 0 Å². The number of hydrogen-bond donors (Lipinski definition) is 6. The van der Waals surface area contributed by atoms with Gasteiger partial charge in [-0.05, 0) is 115 Å². The molecule has 2 saturated heterocycles. The second-order valence-corrected chi connectivity index (χ2v) is 18.0. The summed E-state index contributed by atoms with van der Waals surface area (Å²) in [5.41, 5.74) is 2.14. The lowest BCUT2D eigenvalue weighted by molar-refractivity contribution is 0.101. The van der Waals surface area contributed by atoms with Crippen LogP contribution in [0.25, 0.3) is 0 Å². The number of rotatable bonds is 27. The molecule has 2 fully saturated rings. The van der Waals surface area contributed by atoms with E-state index in [1.807, 2.05) is 13.8 Å². The summed E-state index contributed by atoms with van der Waals surface area (Å²) in [5.74, 6) is 2.14. The lowest BCUT2D eigenvalue weighted by Gasteiger charge is -2.52. The van der Waals surface area contributed by atoms with Crippen LogP contribution in [0, 0.1) is 0 Å². The largest absolute Gasteiger partial charge is 0.459 e. The number of piperidine rings is 2. The zero-order valence-corrected chi connectivity index (χ0v) is 39.2. The summed E-state index contributed by atoms with van der Waals surface area (Å²) in [7, 11) is 0. The molecule has 0 spiro atoms. The lowest BCUT2D eigenvalue weighted by atomic mass is 9.71. The fourth-order valence-corrected chi connectivity index (χ4v) is 9.30. The second kappa shape index (κ2) is 22.9. The Balaban J connectivity index is 1.33. The van der Waals surface area contributed by atoms with E-state index in [2.05, 4.69) is 120 Å². The van der Waals surface area contributed by atoms with Gasteiger partial charge in [0.1, 0.15) is 13.2 Å². The van der Waals surface area contributed by atoms with Gasteiger partial charge in [-0.25, -0.2) is 0 Å². The summed E-state index contributed by atoms with van der Waals surface area (Å²) >= 11 is 0. The third-order valence-electron chi connectivity index (χ3n) is 13.5. The first kappa shape index (κ1) is 48.9. The number of hydrogen-bond acceptors (Lipinski definition) is 14. The second-order valence-electron chi connectivity index (χ2n) is 18.0. The zero-order valence-electron chi connectivity index (χ0n) is 39.2. The Labute approximate surface area is 363 Å². The third kappa shape index (κ3) is 13.9. The van der Waals surface area contributed by atoms with Gasteiger partial charge in [0.15, 0.2) is 0 Å². The van der Waals surface area contributed by atoms with Crippen molar-refractivity contribution in [2.45, 2.75) is 206 Å².